The van der Waals surface area contributed by atoms with E-state index in [0.29, 0.717) is 45.6 Å². The molecule has 0 spiro atoms. The number of benzene rings is 1. The van der Waals surface area contributed by atoms with Crippen LogP contribution in [-0.2, 0) is 19.5 Å². The first-order valence-electron chi connectivity index (χ1n) is 12.4. The molecule has 1 aromatic carbocycles. The first-order chi connectivity index (χ1) is 18.5. The molecular formula is C27H24F2N8O. The molecule has 0 aliphatic carbocycles. The Labute approximate surface area is 216 Å². The molecular weight excluding hydrogens is 490 g/mol. The second kappa shape index (κ2) is 8.51. The summed E-state index contributed by atoms with van der Waals surface area (Å²) >= 11 is 0. The van der Waals surface area contributed by atoms with Crippen molar-refractivity contribution in [1.29, 1.82) is 0 Å². The molecule has 38 heavy (non-hydrogen) atoms. The SMILES string of the molecule is Cc1c(-c2cc3cc(Nc4cc5n(n4)Cc4nccn4CC5)ncc3c(N)c2F)cnc2c1C(F)CCO2. The zero-order valence-corrected chi connectivity index (χ0v) is 20.6. The van der Waals surface area contributed by atoms with Gasteiger partial charge in [-0.15, -0.1) is 0 Å². The average Bonchev–Trinajstić information content (AvgIpc) is 3.48. The molecule has 2 aliphatic rings. The Hall–Kier alpha value is -4.54. The highest BCUT2D eigenvalue weighted by atomic mass is 19.1. The number of nitrogen functional groups attached to an aromatic ring is 1. The van der Waals surface area contributed by atoms with Crippen LogP contribution in [0.2, 0.25) is 0 Å². The molecule has 1 unspecified atom stereocenters. The molecule has 2 aliphatic heterocycles. The number of hydrogen-bond acceptors (Lipinski definition) is 7. The third-order valence-electron chi connectivity index (χ3n) is 7.38. The Bertz CT molecular complexity index is 1730. The van der Waals surface area contributed by atoms with E-state index < -0.39 is 12.0 Å². The number of halogens is 2. The first kappa shape index (κ1) is 22.6. The van der Waals surface area contributed by atoms with Crippen LogP contribution in [-0.4, -0.2) is 35.9 Å². The fourth-order valence-electron chi connectivity index (χ4n) is 5.37. The van der Waals surface area contributed by atoms with Crippen molar-refractivity contribution in [2.45, 2.75) is 39.0 Å². The van der Waals surface area contributed by atoms with Gasteiger partial charge >= 0.3 is 0 Å². The van der Waals surface area contributed by atoms with Crippen LogP contribution in [0.4, 0.5) is 26.1 Å². The molecule has 11 heteroatoms. The normalized spacial score (nSPS) is 16.3. The third-order valence-corrected chi connectivity index (χ3v) is 7.38. The summed E-state index contributed by atoms with van der Waals surface area (Å²) in [6.07, 6.45) is 6.70. The number of nitrogens with zero attached hydrogens (tertiary/aromatic N) is 6. The molecule has 5 aromatic rings. The average molecular weight is 515 g/mol. The summed E-state index contributed by atoms with van der Waals surface area (Å²) in [5.74, 6) is 1.84. The molecule has 6 heterocycles. The van der Waals surface area contributed by atoms with E-state index in [0.717, 1.165) is 24.5 Å². The van der Waals surface area contributed by atoms with Crippen molar-refractivity contribution in [3.8, 4) is 17.0 Å². The van der Waals surface area contributed by atoms with E-state index >= 15 is 4.39 Å². The number of nitrogens with two attached hydrogens (primary N) is 1. The fourth-order valence-corrected chi connectivity index (χ4v) is 5.37. The van der Waals surface area contributed by atoms with Crippen LogP contribution in [0.25, 0.3) is 21.9 Å². The van der Waals surface area contributed by atoms with Gasteiger partial charge in [0.2, 0.25) is 5.88 Å². The Morgan fingerprint density at radius 2 is 2.00 bits per heavy atom. The van der Waals surface area contributed by atoms with Crippen LogP contribution < -0.4 is 15.8 Å². The van der Waals surface area contributed by atoms with E-state index in [9.17, 15) is 4.39 Å². The summed E-state index contributed by atoms with van der Waals surface area (Å²) in [6.45, 7) is 3.46. The Morgan fingerprint density at radius 1 is 1.11 bits per heavy atom. The van der Waals surface area contributed by atoms with Crippen LogP contribution in [0.15, 0.2) is 43.0 Å². The number of rotatable bonds is 3. The number of anilines is 3. The van der Waals surface area contributed by atoms with Gasteiger partial charge in [-0.1, -0.05) is 0 Å². The van der Waals surface area contributed by atoms with Crippen molar-refractivity contribution >= 4 is 28.1 Å². The zero-order valence-electron chi connectivity index (χ0n) is 20.6. The number of aromatic nitrogens is 6. The standard InChI is InChI=1S/C27H24F2N8O/c1-14-18(11-33-27-24(14)20(28)3-7-38-27)17-8-15-9-21(32-12-19(15)26(30)25(17)29)34-22-10-16-2-5-36-6-4-31-23(36)13-37(16)35-22/h4,6,8-12,20H,2-3,5,7,13,30H2,1H3,(H,32,34,35). The maximum absolute atomic E-state index is 15.5. The molecule has 192 valence electrons. The Morgan fingerprint density at radius 3 is 2.89 bits per heavy atom. The second-order valence-corrected chi connectivity index (χ2v) is 9.65. The summed E-state index contributed by atoms with van der Waals surface area (Å²) in [4.78, 5) is 13.1. The molecule has 7 rings (SSSR count). The van der Waals surface area contributed by atoms with Crippen molar-refractivity contribution in [2.24, 2.45) is 0 Å². The van der Waals surface area contributed by atoms with Gasteiger partial charge in [0.25, 0.3) is 0 Å². The van der Waals surface area contributed by atoms with Gasteiger partial charge in [-0.2, -0.15) is 5.10 Å². The molecule has 4 aromatic heterocycles. The quantitative estimate of drug-likeness (QED) is 0.331. The van der Waals surface area contributed by atoms with Gasteiger partial charge < -0.3 is 20.4 Å². The summed E-state index contributed by atoms with van der Waals surface area (Å²) in [5, 5.41) is 9.12. The minimum Gasteiger partial charge on any atom is -0.477 e. The molecule has 0 saturated carbocycles. The van der Waals surface area contributed by atoms with Crippen molar-refractivity contribution in [2.75, 3.05) is 17.7 Å². The van der Waals surface area contributed by atoms with E-state index in [2.05, 4.69) is 24.8 Å². The predicted molar refractivity (Wildman–Crippen MR) is 139 cm³/mol. The number of imidazole rings is 1. The lowest BCUT2D eigenvalue weighted by Gasteiger charge is -2.23. The van der Waals surface area contributed by atoms with E-state index in [1.54, 1.807) is 31.5 Å². The van der Waals surface area contributed by atoms with E-state index in [-0.39, 0.29) is 30.2 Å². The summed E-state index contributed by atoms with van der Waals surface area (Å²) in [7, 11) is 0. The number of hydrogen-bond donors (Lipinski definition) is 2. The van der Waals surface area contributed by atoms with Gasteiger partial charge in [-0.25, -0.2) is 23.7 Å². The molecule has 0 saturated heterocycles. The summed E-state index contributed by atoms with van der Waals surface area (Å²) < 4.78 is 39.8. The van der Waals surface area contributed by atoms with Gasteiger partial charge in [-0.3, -0.25) is 4.68 Å². The minimum absolute atomic E-state index is 0.0223. The monoisotopic (exact) mass is 514 g/mol. The highest BCUT2D eigenvalue weighted by Gasteiger charge is 2.27. The smallest absolute Gasteiger partial charge is 0.219 e. The van der Waals surface area contributed by atoms with Gasteiger partial charge in [0.05, 0.1) is 24.4 Å². The van der Waals surface area contributed by atoms with Gasteiger partial charge in [0.15, 0.2) is 11.6 Å². The molecule has 0 amide bonds. The van der Waals surface area contributed by atoms with Crippen LogP contribution in [0.5, 0.6) is 5.88 Å². The van der Waals surface area contributed by atoms with E-state index in [4.69, 9.17) is 15.6 Å². The van der Waals surface area contributed by atoms with E-state index in [1.807, 2.05) is 16.9 Å². The van der Waals surface area contributed by atoms with E-state index in [1.165, 1.54) is 6.20 Å². The molecule has 1 atom stereocenters. The summed E-state index contributed by atoms with van der Waals surface area (Å²) in [5.41, 5.74) is 8.97. The number of fused-ring (bicyclic) bond motifs is 4. The fraction of sp³-hybridized carbons (Fsp3) is 0.259. The minimum atomic E-state index is -1.21. The number of ether oxygens (including phenoxy) is 1. The lowest BCUT2D eigenvalue weighted by Crippen LogP contribution is -2.14. The Balaban J connectivity index is 1.25. The van der Waals surface area contributed by atoms with Gasteiger partial charge in [0.1, 0.15) is 17.8 Å². The highest BCUT2D eigenvalue weighted by molar-refractivity contribution is 5.98. The lowest BCUT2D eigenvalue weighted by atomic mass is 9.93. The largest absolute Gasteiger partial charge is 0.477 e. The number of aryl methyl sites for hydroxylation is 2. The van der Waals surface area contributed by atoms with Crippen molar-refractivity contribution in [3.05, 3.63) is 71.4 Å². The maximum Gasteiger partial charge on any atom is 0.219 e. The lowest BCUT2D eigenvalue weighted by molar-refractivity contribution is 0.192. The molecule has 0 bridgehead atoms. The zero-order chi connectivity index (χ0) is 26.0. The van der Waals surface area contributed by atoms with Crippen molar-refractivity contribution < 1.29 is 13.5 Å². The van der Waals surface area contributed by atoms with Gasteiger partial charge in [0, 0.05) is 72.4 Å². The van der Waals surface area contributed by atoms with Crippen molar-refractivity contribution in [3.63, 3.8) is 0 Å². The van der Waals surface area contributed by atoms with Crippen LogP contribution in [0.3, 0.4) is 0 Å². The molecule has 3 N–H and O–H groups in total. The molecule has 9 nitrogen and oxygen atoms in total. The number of pyridine rings is 2. The van der Waals surface area contributed by atoms with Crippen LogP contribution >= 0.6 is 0 Å². The highest BCUT2D eigenvalue weighted by Crippen LogP contribution is 2.42. The van der Waals surface area contributed by atoms with Crippen LogP contribution in [0, 0.1) is 12.7 Å². The summed E-state index contributed by atoms with van der Waals surface area (Å²) in [6, 6.07) is 5.50. The molecule has 0 fully saturated rings. The van der Waals surface area contributed by atoms with Crippen molar-refractivity contribution in [1.82, 2.24) is 29.3 Å². The topological polar surface area (TPSA) is 109 Å². The molecule has 0 radical (unpaired) electrons. The van der Waals surface area contributed by atoms with Gasteiger partial charge in [-0.05, 0) is 30.0 Å². The second-order valence-electron chi connectivity index (χ2n) is 9.65. The predicted octanol–water partition coefficient (Wildman–Crippen LogP) is 4.86. The third kappa shape index (κ3) is 3.57. The number of nitrogens with one attached hydrogen (secondary N) is 1. The van der Waals surface area contributed by atoms with Crippen LogP contribution in [0.1, 0.15) is 35.2 Å². The first-order valence-corrected chi connectivity index (χ1v) is 12.4. The maximum atomic E-state index is 15.5. The number of alkyl halides is 1. The Kier molecular flexibility index (Phi) is 5.07.